The molecule has 0 aromatic rings. The maximum Gasteiger partial charge on any atom is 0.222 e. The van der Waals surface area contributed by atoms with Crippen LogP contribution in [0.25, 0.3) is 0 Å². The van der Waals surface area contributed by atoms with Gasteiger partial charge in [-0.05, 0) is 31.3 Å². The van der Waals surface area contributed by atoms with Crippen molar-refractivity contribution in [3.8, 4) is 0 Å². The molecule has 32 heavy (non-hydrogen) atoms. The summed E-state index contributed by atoms with van der Waals surface area (Å²) in [6, 6.07) is 0. The van der Waals surface area contributed by atoms with Crippen LogP contribution < -0.4 is 0 Å². The zero-order valence-corrected chi connectivity index (χ0v) is 21.1. The first-order valence-electron chi connectivity index (χ1n) is 12.0. The number of rotatable bonds is 15. The molecule has 182 valence electrons. The second-order valence-electron chi connectivity index (χ2n) is 8.76. The van der Waals surface area contributed by atoms with Gasteiger partial charge in [-0.2, -0.15) is 0 Å². The summed E-state index contributed by atoms with van der Waals surface area (Å²) in [5.41, 5.74) is 2.49. The van der Waals surface area contributed by atoms with Crippen LogP contribution in [0.15, 0.2) is 34.9 Å². The maximum atomic E-state index is 12.5. The number of methoxy groups -OCH3 is 1. The zero-order chi connectivity index (χ0) is 23.9. The number of carbonyl (C=O) groups excluding carboxylic acids is 2. The topological polar surface area (TPSA) is 66.8 Å². The highest BCUT2D eigenvalue weighted by atomic mass is 35.5. The number of hydrogen-bond acceptors (Lipinski definition) is 4. The molecule has 1 aliphatic rings. The van der Waals surface area contributed by atoms with Crippen molar-refractivity contribution in [3.63, 3.8) is 0 Å². The number of Topliss-reactive ketones (excluding diaryl/α,β-unsaturated/α-hetero) is 1. The molecule has 1 rings (SSSR count). The van der Waals surface area contributed by atoms with Crippen molar-refractivity contribution in [1.82, 2.24) is 4.90 Å². The molecule has 0 heterocycles. The van der Waals surface area contributed by atoms with Gasteiger partial charge >= 0.3 is 0 Å². The fourth-order valence-corrected chi connectivity index (χ4v) is 4.03. The van der Waals surface area contributed by atoms with Crippen LogP contribution in [0.1, 0.15) is 78.1 Å². The number of ketones is 1. The molecule has 0 unspecified atom stereocenters. The van der Waals surface area contributed by atoms with Gasteiger partial charge in [0.15, 0.2) is 5.78 Å². The number of allylic oxidation sites excluding steroid dienone is 1. The number of unbranched alkanes of at least 4 members (excludes halogenated alkanes) is 4. The van der Waals surface area contributed by atoms with Crippen LogP contribution in [0, 0.1) is 5.92 Å². The second-order valence-corrected chi connectivity index (χ2v) is 8.98. The van der Waals surface area contributed by atoms with Crippen molar-refractivity contribution in [1.29, 1.82) is 0 Å². The van der Waals surface area contributed by atoms with Gasteiger partial charge in [0.2, 0.25) is 5.91 Å². The van der Waals surface area contributed by atoms with E-state index in [1.807, 2.05) is 6.08 Å². The number of aliphatic hydroxyl groups is 1. The lowest BCUT2D eigenvalue weighted by atomic mass is 9.83. The van der Waals surface area contributed by atoms with Gasteiger partial charge in [-0.25, -0.2) is 0 Å². The molecule has 0 aromatic carbocycles. The molecular weight excluding hydrogens is 426 g/mol. The minimum Gasteiger partial charge on any atom is -0.392 e. The van der Waals surface area contributed by atoms with Crippen LogP contribution >= 0.6 is 11.6 Å². The van der Waals surface area contributed by atoms with Crippen LogP contribution in [-0.2, 0) is 14.3 Å². The van der Waals surface area contributed by atoms with E-state index in [9.17, 15) is 14.7 Å². The van der Waals surface area contributed by atoms with E-state index in [2.05, 4.69) is 13.0 Å². The quantitative estimate of drug-likeness (QED) is 0.252. The maximum absolute atomic E-state index is 12.5. The van der Waals surface area contributed by atoms with Gasteiger partial charge in [-0.3, -0.25) is 9.59 Å². The number of amides is 1. The van der Waals surface area contributed by atoms with E-state index in [-0.39, 0.29) is 24.3 Å². The van der Waals surface area contributed by atoms with Crippen LogP contribution in [0.3, 0.4) is 0 Å². The Balaban J connectivity index is 2.39. The van der Waals surface area contributed by atoms with Crippen molar-refractivity contribution >= 4 is 23.3 Å². The summed E-state index contributed by atoms with van der Waals surface area (Å²) in [6.07, 6.45) is 15.2. The summed E-state index contributed by atoms with van der Waals surface area (Å²) in [7, 11) is 3.48. The number of hydrogen-bond donors (Lipinski definition) is 1. The molecule has 0 saturated heterocycles. The van der Waals surface area contributed by atoms with Crippen LogP contribution in [0.5, 0.6) is 0 Å². The molecule has 1 amide bonds. The Bertz CT molecular complexity index is 671. The fourth-order valence-electron chi connectivity index (χ4n) is 3.85. The van der Waals surface area contributed by atoms with E-state index in [1.165, 1.54) is 37.6 Å². The molecule has 5 nitrogen and oxygen atoms in total. The summed E-state index contributed by atoms with van der Waals surface area (Å²) in [6.45, 7) is 4.21. The standard InChI is InChI=1S/C26H42ClNO4/c1-5-6-7-8-10-13-22(32-4)14-11-9-12-15-25(30)28(3)19-21(18-27)23-16-17-24(29)20(2)26(23)31/h9,11,16,18,20,22,24,29H,5-8,10,12-15,17,19H2,1-4H3/b11-9+,21-18-/t20-,22-,24-/m0/s1. The smallest absolute Gasteiger partial charge is 0.222 e. The van der Waals surface area contributed by atoms with Gasteiger partial charge in [0.25, 0.3) is 0 Å². The monoisotopic (exact) mass is 467 g/mol. The molecule has 0 radical (unpaired) electrons. The number of nitrogens with zero attached hydrogens (tertiary/aromatic N) is 1. The van der Waals surface area contributed by atoms with E-state index in [0.717, 1.165) is 12.8 Å². The Labute approximate surface area is 199 Å². The molecule has 6 heteroatoms. The van der Waals surface area contributed by atoms with Crippen LogP contribution in [-0.4, -0.2) is 54.6 Å². The summed E-state index contributed by atoms with van der Waals surface area (Å²) >= 11 is 5.97. The van der Waals surface area contributed by atoms with Gasteiger partial charge in [0.1, 0.15) is 0 Å². The van der Waals surface area contributed by atoms with Crippen LogP contribution in [0.4, 0.5) is 0 Å². The highest BCUT2D eigenvalue weighted by Gasteiger charge is 2.30. The minimum atomic E-state index is -0.660. The first kappa shape index (κ1) is 28.6. The van der Waals surface area contributed by atoms with E-state index < -0.39 is 12.0 Å². The molecule has 0 aromatic heterocycles. The van der Waals surface area contributed by atoms with Gasteiger partial charge in [-0.15, -0.1) is 0 Å². The average Bonchev–Trinajstić information content (AvgIpc) is 2.79. The Hall–Kier alpha value is -1.43. The van der Waals surface area contributed by atoms with E-state index in [0.29, 0.717) is 30.4 Å². The molecule has 0 saturated carbocycles. The van der Waals surface area contributed by atoms with Gasteiger partial charge in [0, 0.05) is 44.1 Å². The molecule has 0 aliphatic heterocycles. The zero-order valence-electron chi connectivity index (χ0n) is 20.3. The number of ether oxygens (including phenoxy) is 1. The molecule has 3 atom stereocenters. The fraction of sp³-hybridized carbons (Fsp3) is 0.692. The van der Waals surface area contributed by atoms with Gasteiger partial charge in [-0.1, -0.05) is 75.8 Å². The lowest BCUT2D eigenvalue weighted by molar-refractivity contribution is -0.129. The second kappa shape index (κ2) is 16.2. The largest absolute Gasteiger partial charge is 0.392 e. The Morgan fingerprint density at radius 2 is 2.03 bits per heavy atom. The van der Waals surface area contributed by atoms with Crippen LogP contribution in [0.2, 0.25) is 0 Å². The molecule has 0 spiro atoms. The molecule has 1 aliphatic carbocycles. The van der Waals surface area contributed by atoms with E-state index in [4.69, 9.17) is 16.3 Å². The highest BCUT2D eigenvalue weighted by molar-refractivity contribution is 6.26. The van der Waals surface area contributed by atoms with Crippen molar-refractivity contribution in [2.45, 2.75) is 90.3 Å². The third kappa shape index (κ3) is 10.0. The predicted molar refractivity (Wildman–Crippen MR) is 132 cm³/mol. The van der Waals surface area contributed by atoms with Crippen molar-refractivity contribution < 1.29 is 19.4 Å². The van der Waals surface area contributed by atoms with Crippen molar-refractivity contribution in [2.75, 3.05) is 20.7 Å². The lowest BCUT2D eigenvalue weighted by Gasteiger charge is -2.26. The Morgan fingerprint density at radius 1 is 1.31 bits per heavy atom. The number of halogens is 1. The summed E-state index contributed by atoms with van der Waals surface area (Å²) in [5.74, 6) is -0.584. The summed E-state index contributed by atoms with van der Waals surface area (Å²) in [4.78, 5) is 26.6. The highest BCUT2D eigenvalue weighted by Crippen LogP contribution is 2.26. The van der Waals surface area contributed by atoms with Gasteiger partial charge in [0.05, 0.1) is 12.2 Å². The first-order valence-corrected chi connectivity index (χ1v) is 12.4. The number of carbonyl (C=O) groups is 2. The van der Waals surface area contributed by atoms with E-state index >= 15 is 0 Å². The lowest BCUT2D eigenvalue weighted by Crippen LogP contribution is -2.34. The predicted octanol–water partition coefficient (Wildman–Crippen LogP) is 5.57. The normalized spacial score (nSPS) is 20.5. The summed E-state index contributed by atoms with van der Waals surface area (Å²) in [5, 5.41) is 9.86. The third-order valence-corrected chi connectivity index (χ3v) is 6.45. The average molecular weight is 468 g/mol. The summed E-state index contributed by atoms with van der Waals surface area (Å²) < 4.78 is 5.57. The SMILES string of the molecule is CCCCCCC[C@@H](C/C=C/CCC(=O)N(C)C/C(=C/Cl)C1=CC[C@H](O)[C@H](C)C1=O)OC. The molecule has 0 fully saturated rings. The molecule has 1 N–H and O–H groups in total. The Morgan fingerprint density at radius 3 is 2.69 bits per heavy atom. The first-order chi connectivity index (χ1) is 15.3. The molecular formula is C26H42ClNO4. The number of aliphatic hydroxyl groups excluding tert-OH is 1. The molecule has 0 bridgehead atoms. The van der Waals surface area contributed by atoms with Gasteiger partial charge < -0.3 is 14.7 Å². The Kier molecular flexibility index (Phi) is 14.5. The van der Waals surface area contributed by atoms with Crippen molar-refractivity contribution in [2.24, 2.45) is 5.92 Å². The minimum absolute atomic E-state index is 0.00169. The third-order valence-electron chi connectivity index (χ3n) is 6.18. The van der Waals surface area contributed by atoms with Crippen molar-refractivity contribution in [3.05, 3.63) is 34.9 Å². The van der Waals surface area contributed by atoms with E-state index in [1.54, 1.807) is 32.1 Å². The number of likely N-dealkylation sites (N-methyl/N-ethyl adjacent to an activating group) is 1.